The third kappa shape index (κ3) is 5.19. The lowest BCUT2D eigenvalue weighted by Gasteiger charge is -2.40. The summed E-state index contributed by atoms with van der Waals surface area (Å²) < 4.78 is 14.0. The van der Waals surface area contributed by atoms with Gasteiger partial charge < -0.3 is 5.73 Å². The molecule has 0 spiro atoms. The van der Waals surface area contributed by atoms with Crippen LogP contribution in [-0.2, 0) is 10.5 Å². The number of ketones is 1. The van der Waals surface area contributed by atoms with Crippen molar-refractivity contribution in [2.45, 2.75) is 49.7 Å². The van der Waals surface area contributed by atoms with Gasteiger partial charge in [-0.1, -0.05) is 40.9 Å². The van der Waals surface area contributed by atoms with E-state index in [1.165, 1.54) is 12.1 Å². The van der Waals surface area contributed by atoms with Crippen LogP contribution in [0.3, 0.4) is 0 Å². The van der Waals surface area contributed by atoms with Crippen molar-refractivity contribution in [2.75, 3.05) is 4.90 Å². The predicted octanol–water partition coefficient (Wildman–Crippen LogP) is 8.35. The van der Waals surface area contributed by atoms with Gasteiger partial charge in [0.05, 0.1) is 22.6 Å². The fourth-order valence-electron chi connectivity index (χ4n) is 5.42. The Balaban J connectivity index is 1.63. The van der Waals surface area contributed by atoms with Crippen molar-refractivity contribution in [1.29, 1.82) is 5.26 Å². The average molecular weight is 579 g/mol. The maximum Gasteiger partial charge on any atom is 0.161 e. The van der Waals surface area contributed by atoms with Gasteiger partial charge in [-0.25, -0.2) is 4.39 Å². The first-order valence-electron chi connectivity index (χ1n) is 12.6. The molecule has 8 heteroatoms. The molecule has 0 saturated heterocycles. The number of allylic oxidation sites excluding steroid dienone is 3. The molecule has 0 aromatic heterocycles. The zero-order valence-electron chi connectivity index (χ0n) is 21.5. The molecule has 1 aliphatic carbocycles. The molecule has 0 saturated carbocycles. The SMILES string of the molecule is Cc1cc(CSc2ccc(Cl)cc2)c(C)c(C2C(C#N)=C(N)N(c3ccc(F)c(Cl)c3)C3=C2C(=O)CCC3)c1. The van der Waals surface area contributed by atoms with E-state index in [4.69, 9.17) is 28.9 Å². The molecule has 5 rings (SSSR count). The highest BCUT2D eigenvalue weighted by Gasteiger charge is 2.41. The van der Waals surface area contributed by atoms with Crippen molar-refractivity contribution in [3.05, 3.63) is 115 Å². The number of Topliss-reactive ketones (excluding diaryl/α,β-unsaturated/α-hetero) is 1. The minimum atomic E-state index is -0.579. The van der Waals surface area contributed by atoms with E-state index in [1.807, 2.05) is 38.1 Å². The third-order valence-electron chi connectivity index (χ3n) is 7.29. The molecule has 4 nitrogen and oxygen atoms in total. The van der Waals surface area contributed by atoms with Crippen LogP contribution in [0, 0.1) is 31.0 Å². The highest BCUT2D eigenvalue weighted by Crippen LogP contribution is 2.48. The van der Waals surface area contributed by atoms with Gasteiger partial charge in [-0.15, -0.1) is 11.8 Å². The molecule has 3 aromatic carbocycles. The molecule has 2 N–H and O–H groups in total. The van der Waals surface area contributed by atoms with E-state index < -0.39 is 11.7 Å². The number of thioether (sulfide) groups is 1. The quantitative estimate of drug-likeness (QED) is 0.308. The minimum Gasteiger partial charge on any atom is -0.384 e. The maximum atomic E-state index is 14.0. The second-order valence-electron chi connectivity index (χ2n) is 9.80. The molecule has 1 aliphatic heterocycles. The number of rotatable bonds is 5. The van der Waals surface area contributed by atoms with Gasteiger partial charge in [0.2, 0.25) is 0 Å². The zero-order chi connectivity index (χ0) is 27.8. The van der Waals surface area contributed by atoms with Crippen LogP contribution in [0.1, 0.15) is 47.4 Å². The lowest BCUT2D eigenvalue weighted by atomic mass is 9.73. The molecule has 1 unspecified atom stereocenters. The van der Waals surface area contributed by atoms with Crippen LogP contribution in [0.5, 0.6) is 0 Å². The molecule has 1 heterocycles. The van der Waals surface area contributed by atoms with Crippen LogP contribution in [0.4, 0.5) is 10.1 Å². The summed E-state index contributed by atoms with van der Waals surface area (Å²) in [5, 5.41) is 11.0. The largest absolute Gasteiger partial charge is 0.384 e. The Kier molecular flexibility index (Phi) is 7.77. The summed E-state index contributed by atoms with van der Waals surface area (Å²) in [6.45, 7) is 4.06. The summed E-state index contributed by atoms with van der Waals surface area (Å²) in [6.07, 6.45) is 1.67. The summed E-state index contributed by atoms with van der Waals surface area (Å²) in [7, 11) is 0. The van der Waals surface area contributed by atoms with Crippen molar-refractivity contribution in [1.82, 2.24) is 0 Å². The normalized spacial score (nSPS) is 17.4. The van der Waals surface area contributed by atoms with Crippen LogP contribution >= 0.6 is 35.0 Å². The van der Waals surface area contributed by atoms with Crippen molar-refractivity contribution in [3.63, 3.8) is 0 Å². The molecule has 1 atom stereocenters. The highest BCUT2D eigenvalue weighted by atomic mass is 35.5. The molecule has 0 radical (unpaired) electrons. The van der Waals surface area contributed by atoms with E-state index in [9.17, 15) is 14.4 Å². The van der Waals surface area contributed by atoms with E-state index in [0.29, 0.717) is 41.1 Å². The van der Waals surface area contributed by atoms with Crippen LogP contribution in [0.15, 0.2) is 82.2 Å². The van der Waals surface area contributed by atoms with E-state index in [1.54, 1.807) is 22.7 Å². The Bertz CT molecular complexity index is 1590. The molecule has 0 fully saturated rings. The Morgan fingerprint density at radius 1 is 1.10 bits per heavy atom. The summed E-state index contributed by atoms with van der Waals surface area (Å²) >= 11 is 13.8. The molecule has 39 heavy (non-hydrogen) atoms. The van der Waals surface area contributed by atoms with E-state index >= 15 is 0 Å². The molecule has 0 bridgehead atoms. The number of aryl methyl sites for hydroxylation is 1. The van der Waals surface area contributed by atoms with Crippen LogP contribution < -0.4 is 10.6 Å². The van der Waals surface area contributed by atoms with Crippen molar-refractivity contribution < 1.29 is 9.18 Å². The molecular formula is C31H26Cl2FN3OS. The van der Waals surface area contributed by atoms with Crippen molar-refractivity contribution in [3.8, 4) is 6.07 Å². The van der Waals surface area contributed by atoms with Gasteiger partial charge in [-0.05, 0) is 85.8 Å². The Labute approximate surface area is 241 Å². The van der Waals surface area contributed by atoms with Crippen molar-refractivity contribution >= 4 is 46.4 Å². The number of halogens is 3. The number of nitriles is 1. The van der Waals surface area contributed by atoms with Gasteiger partial charge in [0.15, 0.2) is 5.78 Å². The standard InChI is InChI=1S/C31H26Cl2FN3OS/c1-17-12-19(16-39-22-9-6-20(32)7-10-22)18(2)23(13-17)29-24(15-35)31(36)37(21-8-11-26(34)25(33)14-21)27-4-3-5-28(38)30(27)29/h6-14,29H,3-5,16,36H2,1-2H3. The number of anilines is 1. The fourth-order valence-corrected chi connectivity index (χ4v) is 6.67. The molecule has 2 aliphatic rings. The second-order valence-corrected chi connectivity index (χ2v) is 11.7. The third-order valence-corrected chi connectivity index (χ3v) is 8.90. The predicted molar refractivity (Wildman–Crippen MR) is 156 cm³/mol. The minimum absolute atomic E-state index is 0.00213. The Hall–Kier alpha value is -3.24. The van der Waals surface area contributed by atoms with Crippen LogP contribution in [-0.4, -0.2) is 5.78 Å². The van der Waals surface area contributed by atoms with Gasteiger partial charge >= 0.3 is 0 Å². The number of nitrogens with zero attached hydrogens (tertiary/aromatic N) is 2. The summed E-state index contributed by atoms with van der Waals surface area (Å²) in [6, 6.07) is 18.6. The monoisotopic (exact) mass is 577 g/mol. The molecule has 198 valence electrons. The molecule has 3 aromatic rings. The van der Waals surface area contributed by atoms with Gasteiger partial charge in [0.25, 0.3) is 0 Å². The summed E-state index contributed by atoms with van der Waals surface area (Å²) in [5.41, 5.74) is 12.9. The topological polar surface area (TPSA) is 70.1 Å². The van der Waals surface area contributed by atoms with Gasteiger partial charge in [0, 0.05) is 39.0 Å². The van der Waals surface area contributed by atoms with Crippen molar-refractivity contribution in [2.24, 2.45) is 5.73 Å². The van der Waals surface area contributed by atoms with Crippen LogP contribution in [0.2, 0.25) is 10.0 Å². The Morgan fingerprint density at radius 2 is 1.85 bits per heavy atom. The number of hydrogen-bond acceptors (Lipinski definition) is 5. The lowest BCUT2D eigenvalue weighted by molar-refractivity contribution is -0.116. The Morgan fingerprint density at radius 3 is 2.54 bits per heavy atom. The smallest absolute Gasteiger partial charge is 0.161 e. The maximum absolute atomic E-state index is 14.0. The number of benzene rings is 3. The second kappa shape index (κ2) is 11.1. The van der Waals surface area contributed by atoms with E-state index in [-0.39, 0.29) is 16.6 Å². The number of hydrogen-bond donors (Lipinski definition) is 1. The average Bonchev–Trinajstić information content (AvgIpc) is 2.91. The first-order chi connectivity index (χ1) is 18.7. The molecular weight excluding hydrogens is 552 g/mol. The number of carbonyl (C=O) groups is 1. The number of carbonyl (C=O) groups excluding carboxylic acids is 1. The molecule has 0 amide bonds. The summed E-state index contributed by atoms with van der Waals surface area (Å²) in [5.74, 6) is -0.180. The van der Waals surface area contributed by atoms with Gasteiger partial charge in [-0.2, -0.15) is 5.26 Å². The first-order valence-corrected chi connectivity index (χ1v) is 14.3. The van der Waals surface area contributed by atoms with Gasteiger partial charge in [-0.3, -0.25) is 9.69 Å². The summed E-state index contributed by atoms with van der Waals surface area (Å²) in [4.78, 5) is 16.3. The fraction of sp³-hybridized carbons (Fsp3) is 0.226. The number of nitrogens with two attached hydrogens (primary N) is 1. The first kappa shape index (κ1) is 27.3. The lowest BCUT2D eigenvalue weighted by Crippen LogP contribution is -2.39. The van der Waals surface area contributed by atoms with Crippen LogP contribution in [0.25, 0.3) is 0 Å². The zero-order valence-corrected chi connectivity index (χ0v) is 23.9. The highest BCUT2D eigenvalue weighted by molar-refractivity contribution is 7.98. The van der Waals surface area contributed by atoms with E-state index in [2.05, 4.69) is 18.2 Å². The van der Waals surface area contributed by atoms with E-state index in [0.717, 1.165) is 38.6 Å². The van der Waals surface area contributed by atoms with Gasteiger partial charge in [0.1, 0.15) is 11.6 Å².